The molecule has 0 atom stereocenters. The summed E-state index contributed by atoms with van der Waals surface area (Å²) in [7, 11) is 0. The number of rotatable bonds is 2. The highest BCUT2D eigenvalue weighted by molar-refractivity contribution is 5.91. The van der Waals surface area contributed by atoms with Crippen LogP contribution in [0.15, 0.2) is 6.07 Å². The van der Waals surface area contributed by atoms with Crippen molar-refractivity contribution in [3.05, 3.63) is 38.7 Å². The van der Waals surface area contributed by atoms with Gasteiger partial charge in [0.2, 0.25) is 0 Å². The van der Waals surface area contributed by atoms with Gasteiger partial charge in [0.1, 0.15) is 11.4 Å². The summed E-state index contributed by atoms with van der Waals surface area (Å²) >= 11 is 0. The highest BCUT2D eigenvalue weighted by Crippen LogP contribution is 2.28. The number of carboxylic acids is 1. The van der Waals surface area contributed by atoms with Gasteiger partial charge in [-0.1, -0.05) is 0 Å². The van der Waals surface area contributed by atoms with Crippen molar-refractivity contribution in [3.8, 4) is 0 Å². The summed E-state index contributed by atoms with van der Waals surface area (Å²) in [6.45, 7) is 2.58. The van der Waals surface area contributed by atoms with Gasteiger partial charge >= 0.3 is 5.97 Å². The van der Waals surface area contributed by atoms with Crippen molar-refractivity contribution in [2.75, 3.05) is 0 Å². The van der Waals surface area contributed by atoms with Crippen LogP contribution >= 0.6 is 0 Å². The highest BCUT2D eigenvalue weighted by atomic mass is 19.1. The van der Waals surface area contributed by atoms with E-state index in [1.165, 1.54) is 13.8 Å². The van der Waals surface area contributed by atoms with Crippen LogP contribution in [0.3, 0.4) is 0 Å². The number of aromatic carboxylic acids is 1. The van der Waals surface area contributed by atoms with Crippen molar-refractivity contribution >= 4 is 11.7 Å². The molecule has 0 amide bonds. The topological polar surface area (TPSA) is 80.4 Å². The van der Waals surface area contributed by atoms with E-state index in [1.807, 2.05) is 0 Å². The Morgan fingerprint density at radius 3 is 2.47 bits per heavy atom. The van der Waals surface area contributed by atoms with Crippen molar-refractivity contribution in [1.29, 1.82) is 0 Å². The number of hydrogen-bond acceptors (Lipinski definition) is 3. The number of hydrogen-bond donors (Lipinski definition) is 1. The Labute approximate surface area is 84.3 Å². The zero-order valence-corrected chi connectivity index (χ0v) is 8.07. The third-order valence-electron chi connectivity index (χ3n) is 2.08. The highest BCUT2D eigenvalue weighted by Gasteiger charge is 2.24. The van der Waals surface area contributed by atoms with Crippen LogP contribution in [0.25, 0.3) is 0 Å². The Hall–Kier alpha value is -1.98. The second-order valence-corrected chi connectivity index (χ2v) is 3.09. The third kappa shape index (κ3) is 1.78. The van der Waals surface area contributed by atoms with Crippen LogP contribution < -0.4 is 0 Å². The molecule has 0 bridgehead atoms. The first kappa shape index (κ1) is 11.1. The molecule has 0 saturated heterocycles. The van der Waals surface area contributed by atoms with E-state index in [4.69, 9.17) is 5.11 Å². The third-order valence-corrected chi connectivity index (χ3v) is 2.08. The molecule has 0 aliphatic rings. The first-order chi connectivity index (χ1) is 6.86. The molecule has 0 spiro atoms. The van der Waals surface area contributed by atoms with Gasteiger partial charge in [-0.15, -0.1) is 0 Å². The number of halogens is 1. The molecule has 15 heavy (non-hydrogen) atoms. The van der Waals surface area contributed by atoms with E-state index in [9.17, 15) is 19.3 Å². The molecule has 0 aliphatic carbocycles. The summed E-state index contributed by atoms with van der Waals surface area (Å²) in [6.07, 6.45) is 0. The maximum Gasteiger partial charge on any atom is 0.339 e. The molecule has 0 unspecified atom stereocenters. The SMILES string of the molecule is Cc1cc(F)c(C(=O)O)c(C)c1[N+](=O)[O-]. The molecule has 1 rings (SSSR count). The Bertz CT molecular complexity index is 418. The Morgan fingerprint density at radius 1 is 1.53 bits per heavy atom. The van der Waals surface area contributed by atoms with Crippen molar-refractivity contribution in [2.45, 2.75) is 13.8 Å². The quantitative estimate of drug-likeness (QED) is 0.602. The molecule has 0 radical (unpaired) electrons. The lowest BCUT2D eigenvalue weighted by atomic mass is 10.0. The monoisotopic (exact) mass is 213 g/mol. The average molecular weight is 213 g/mol. The molecule has 0 fully saturated rings. The molecule has 5 nitrogen and oxygen atoms in total. The van der Waals surface area contributed by atoms with E-state index < -0.39 is 22.3 Å². The van der Waals surface area contributed by atoms with Crippen LogP contribution in [-0.4, -0.2) is 16.0 Å². The fourth-order valence-electron chi connectivity index (χ4n) is 1.47. The largest absolute Gasteiger partial charge is 0.478 e. The van der Waals surface area contributed by atoms with E-state index >= 15 is 0 Å². The molecular formula is C9H8FNO4. The van der Waals surface area contributed by atoms with Gasteiger partial charge in [0.25, 0.3) is 5.69 Å². The van der Waals surface area contributed by atoms with Crippen LogP contribution in [0.5, 0.6) is 0 Å². The van der Waals surface area contributed by atoms with E-state index in [2.05, 4.69) is 0 Å². The summed E-state index contributed by atoms with van der Waals surface area (Å²) < 4.78 is 13.2. The Morgan fingerprint density at radius 2 is 2.07 bits per heavy atom. The van der Waals surface area contributed by atoms with Crippen LogP contribution in [-0.2, 0) is 0 Å². The lowest BCUT2D eigenvalue weighted by Crippen LogP contribution is -2.08. The van der Waals surface area contributed by atoms with E-state index in [-0.39, 0.29) is 16.8 Å². The van der Waals surface area contributed by atoms with Crippen molar-refractivity contribution in [2.24, 2.45) is 0 Å². The lowest BCUT2D eigenvalue weighted by molar-refractivity contribution is -0.386. The summed E-state index contributed by atoms with van der Waals surface area (Å²) in [6, 6.07) is 0.856. The molecule has 0 heterocycles. The Kier molecular flexibility index (Phi) is 2.69. The first-order valence-corrected chi connectivity index (χ1v) is 4.03. The minimum Gasteiger partial charge on any atom is -0.478 e. The van der Waals surface area contributed by atoms with Crippen LogP contribution in [0, 0.1) is 29.8 Å². The van der Waals surface area contributed by atoms with Crippen LogP contribution in [0.4, 0.5) is 10.1 Å². The predicted octanol–water partition coefficient (Wildman–Crippen LogP) is 2.05. The summed E-state index contributed by atoms with van der Waals surface area (Å²) in [5, 5.41) is 19.3. The fraction of sp³-hybridized carbons (Fsp3) is 0.222. The van der Waals surface area contributed by atoms with Crippen molar-refractivity contribution in [3.63, 3.8) is 0 Å². The van der Waals surface area contributed by atoms with Gasteiger partial charge in [0, 0.05) is 11.1 Å². The number of nitro groups is 1. The van der Waals surface area contributed by atoms with E-state index in [0.717, 1.165) is 6.07 Å². The number of carbonyl (C=O) groups is 1. The van der Waals surface area contributed by atoms with Gasteiger partial charge in [-0.3, -0.25) is 10.1 Å². The number of carboxylic acid groups (broad SMARTS) is 1. The summed E-state index contributed by atoms with van der Waals surface area (Å²) in [4.78, 5) is 20.6. The van der Waals surface area contributed by atoms with Gasteiger partial charge < -0.3 is 5.11 Å². The smallest absolute Gasteiger partial charge is 0.339 e. The number of nitro benzene ring substituents is 1. The Balaban J connectivity index is 3.64. The lowest BCUT2D eigenvalue weighted by Gasteiger charge is -2.05. The van der Waals surface area contributed by atoms with Gasteiger partial charge in [-0.05, 0) is 19.9 Å². The molecular weight excluding hydrogens is 205 g/mol. The average Bonchev–Trinajstić information content (AvgIpc) is 1.99. The molecule has 1 aromatic rings. The minimum atomic E-state index is -1.51. The molecule has 0 aliphatic heterocycles. The second kappa shape index (κ2) is 3.64. The standard InChI is InChI=1S/C9H8FNO4/c1-4-3-6(10)7(9(12)13)5(2)8(4)11(14)15/h3H,1-2H3,(H,12,13). The minimum absolute atomic E-state index is 0.111. The fourth-order valence-corrected chi connectivity index (χ4v) is 1.47. The molecule has 80 valence electrons. The second-order valence-electron chi connectivity index (χ2n) is 3.09. The zero-order valence-electron chi connectivity index (χ0n) is 8.07. The number of nitrogens with zero attached hydrogens (tertiary/aromatic N) is 1. The number of aryl methyl sites for hydroxylation is 1. The van der Waals surface area contributed by atoms with Gasteiger partial charge in [-0.25, -0.2) is 9.18 Å². The zero-order chi connectivity index (χ0) is 11.7. The van der Waals surface area contributed by atoms with E-state index in [0.29, 0.717) is 0 Å². The van der Waals surface area contributed by atoms with Gasteiger partial charge in [-0.2, -0.15) is 0 Å². The molecule has 1 aromatic carbocycles. The predicted molar refractivity (Wildman–Crippen MR) is 49.5 cm³/mol. The van der Waals surface area contributed by atoms with Crippen molar-refractivity contribution < 1.29 is 19.2 Å². The van der Waals surface area contributed by atoms with Crippen LogP contribution in [0.1, 0.15) is 21.5 Å². The molecule has 6 heteroatoms. The molecule has 1 N–H and O–H groups in total. The number of benzene rings is 1. The molecule has 0 saturated carbocycles. The molecule has 0 aromatic heterocycles. The van der Waals surface area contributed by atoms with Crippen LogP contribution in [0.2, 0.25) is 0 Å². The maximum absolute atomic E-state index is 13.2. The van der Waals surface area contributed by atoms with Crippen molar-refractivity contribution in [1.82, 2.24) is 0 Å². The van der Waals surface area contributed by atoms with Gasteiger partial charge in [0.15, 0.2) is 0 Å². The maximum atomic E-state index is 13.2. The van der Waals surface area contributed by atoms with E-state index in [1.54, 1.807) is 0 Å². The van der Waals surface area contributed by atoms with Gasteiger partial charge in [0.05, 0.1) is 4.92 Å². The summed E-state index contributed by atoms with van der Waals surface area (Å²) in [5.41, 5.74) is -1.05. The normalized spacial score (nSPS) is 10.1. The first-order valence-electron chi connectivity index (χ1n) is 4.03. The summed E-state index contributed by atoms with van der Waals surface area (Å²) in [5.74, 6) is -2.46.